The molecule has 1 aromatic carbocycles. The lowest BCUT2D eigenvalue weighted by Gasteiger charge is -2.06. The number of aryl methyl sites for hydroxylation is 1. The van der Waals surface area contributed by atoms with Gasteiger partial charge in [0.1, 0.15) is 5.69 Å². The standard InChI is InChI=1S/C12H11N3O3/c1-8-3-2-4-9(7-8)11-13-6-5-10(14-11)12(16)15(17)18/h2-7,17-18H,1H3. The van der Waals surface area contributed by atoms with Crippen LogP contribution in [0.3, 0.4) is 0 Å². The van der Waals surface area contributed by atoms with Crippen LogP contribution < -0.4 is 0 Å². The summed E-state index contributed by atoms with van der Waals surface area (Å²) < 4.78 is 0. The summed E-state index contributed by atoms with van der Waals surface area (Å²) in [5, 5.41) is 16.8. The lowest BCUT2D eigenvalue weighted by atomic mass is 10.1. The van der Waals surface area contributed by atoms with E-state index in [1.807, 2.05) is 31.2 Å². The van der Waals surface area contributed by atoms with E-state index in [2.05, 4.69) is 9.97 Å². The monoisotopic (exact) mass is 245 g/mol. The van der Waals surface area contributed by atoms with E-state index in [0.717, 1.165) is 11.1 Å². The molecule has 0 bridgehead atoms. The van der Waals surface area contributed by atoms with Crippen LogP contribution in [0.2, 0.25) is 0 Å². The molecule has 18 heavy (non-hydrogen) atoms. The number of carbonyl (C=O) groups is 1. The highest BCUT2D eigenvalue weighted by atomic mass is 16.8. The van der Waals surface area contributed by atoms with Gasteiger partial charge in [0.05, 0.1) is 0 Å². The predicted octanol–water partition coefficient (Wildman–Crippen LogP) is 1.67. The second-order valence-electron chi connectivity index (χ2n) is 3.73. The molecule has 0 saturated heterocycles. The molecule has 0 radical (unpaired) electrons. The zero-order valence-corrected chi connectivity index (χ0v) is 9.61. The maximum Gasteiger partial charge on any atom is 0.321 e. The smallest absolute Gasteiger partial charge is 0.262 e. The average molecular weight is 245 g/mol. The van der Waals surface area contributed by atoms with Gasteiger partial charge in [-0.3, -0.25) is 15.2 Å². The molecule has 2 rings (SSSR count). The number of hydroxylamine groups is 2. The second kappa shape index (κ2) is 4.91. The molecule has 2 N–H and O–H groups in total. The molecule has 0 unspecified atom stereocenters. The number of nitrogens with zero attached hydrogens (tertiary/aromatic N) is 3. The number of rotatable bonds is 2. The van der Waals surface area contributed by atoms with Crippen LogP contribution in [0.15, 0.2) is 36.5 Å². The summed E-state index contributed by atoms with van der Waals surface area (Å²) in [5.41, 5.74) is 1.71. The Morgan fingerprint density at radius 1 is 1.28 bits per heavy atom. The SMILES string of the molecule is Cc1cccc(-c2nccc(C(=O)N(O)O)n2)c1. The summed E-state index contributed by atoms with van der Waals surface area (Å²) in [5.74, 6) is -0.655. The van der Waals surface area contributed by atoms with Gasteiger partial charge in [-0.25, -0.2) is 9.97 Å². The van der Waals surface area contributed by atoms with E-state index >= 15 is 0 Å². The zero-order valence-electron chi connectivity index (χ0n) is 9.61. The number of hydrogen-bond donors (Lipinski definition) is 2. The average Bonchev–Trinajstić information content (AvgIpc) is 2.38. The molecule has 2 aromatic rings. The Bertz CT molecular complexity index is 584. The predicted molar refractivity (Wildman–Crippen MR) is 61.9 cm³/mol. The molecular formula is C12H11N3O3. The molecule has 1 aromatic heterocycles. The Balaban J connectivity index is 2.42. The lowest BCUT2D eigenvalue weighted by molar-refractivity contribution is -0.260. The van der Waals surface area contributed by atoms with Gasteiger partial charge in [-0.05, 0) is 19.1 Å². The number of hydrogen-bond acceptors (Lipinski definition) is 5. The summed E-state index contributed by atoms with van der Waals surface area (Å²) >= 11 is 0. The molecule has 0 aliphatic carbocycles. The molecule has 6 heteroatoms. The van der Waals surface area contributed by atoms with Crippen LogP contribution in [-0.2, 0) is 0 Å². The first kappa shape index (κ1) is 12.2. The Kier molecular flexibility index (Phi) is 3.31. The van der Waals surface area contributed by atoms with Crippen molar-refractivity contribution in [2.45, 2.75) is 6.92 Å². The molecule has 0 fully saturated rings. The van der Waals surface area contributed by atoms with Crippen molar-refractivity contribution in [3.8, 4) is 11.4 Å². The summed E-state index contributed by atoms with van der Waals surface area (Å²) in [6.07, 6.45) is 1.39. The van der Waals surface area contributed by atoms with Crippen LogP contribution in [0, 0.1) is 6.92 Å². The van der Waals surface area contributed by atoms with Crippen LogP contribution in [0.1, 0.15) is 16.1 Å². The maximum atomic E-state index is 11.3. The molecule has 1 amide bonds. The first-order chi connectivity index (χ1) is 8.58. The van der Waals surface area contributed by atoms with Crippen LogP contribution in [0.25, 0.3) is 11.4 Å². The molecule has 6 nitrogen and oxygen atoms in total. The Morgan fingerprint density at radius 2 is 2.06 bits per heavy atom. The molecule has 0 aliphatic rings. The minimum atomic E-state index is -1.01. The molecule has 0 aliphatic heterocycles. The van der Waals surface area contributed by atoms with Gasteiger partial charge >= 0.3 is 5.91 Å². The second-order valence-corrected chi connectivity index (χ2v) is 3.73. The third kappa shape index (κ3) is 2.50. The highest BCUT2D eigenvalue weighted by Gasteiger charge is 2.14. The van der Waals surface area contributed by atoms with E-state index in [9.17, 15) is 4.79 Å². The third-order valence-corrected chi connectivity index (χ3v) is 2.33. The molecule has 1 heterocycles. The van der Waals surface area contributed by atoms with Gasteiger partial charge in [-0.2, -0.15) is 0 Å². The Morgan fingerprint density at radius 3 is 2.72 bits per heavy atom. The summed E-state index contributed by atoms with van der Waals surface area (Å²) in [4.78, 5) is 19.4. The van der Waals surface area contributed by atoms with E-state index in [-0.39, 0.29) is 5.69 Å². The van der Waals surface area contributed by atoms with Crippen molar-refractivity contribution in [2.24, 2.45) is 0 Å². The van der Waals surface area contributed by atoms with E-state index in [1.54, 1.807) is 0 Å². The van der Waals surface area contributed by atoms with E-state index in [1.165, 1.54) is 12.3 Å². The van der Waals surface area contributed by atoms with E-state index in [0.29, 0.717) is 5.82 Å². The van der Waals surface area contributed by atoms with Crippen molar-refractivity contribution < 1.29 is 15.2 Å². The minimum absolute atomic E-state index is 0.0912. The van der Waals surface area contributed by atoms with Crippen molar-refractivity contribution in [3.63, 3.8) is 0 Å². The summed E-state index contributed by atoms with van der Waals surface area (Å²) in [7, 11) is 0. The van der Waals surface area contributed by atoms with Crippen LogP contribution in [-0.4, -0.2) is 31.5 Å². The Labute approximate surface area is 103 Å². The maximum absolute atomic E-state index is 11.3. The lowest BCUT2D eigenvalue weighted by Crippen LogP contribution is -2.24. The summed E-state index contributed by atoms with van der Waals surface area (Å²) in [6, 6.07) is 8.78. The Hall–Kier alpha value is -2.31. The van der Waals surface area contributed by atoms with Gasteiger partial charge in [-0.15, -0.1) is 0 Å². The number of carbonyl (C=O) groups excluding carboxylic acids is 1. The fraction of sp³-hybridized carbons (Fsp3) is 0.0833. The van der Waals surface area contributed by atoms with Crippen molar-refractivity contribution in [1.82, 2.24) is 15.2 Å². The van der Waals surface area contributed by atoms with Gasteiger partial charge in [-0.1, -0.05) is 29.0 Å². The fourth-order valence-corrected chi connectivity index (χ4v) is 1.50. The molecule has 0 spiro atoms. The number of benzene rings is 1. The van der Waals surface area contributed by atoms with Crippen LogP contribution in [0.5, 0.6) is 0 Å². The van der Waals surface area contributed by atoms with Gasteiger partial charge in [0.2, 0.25) is 0 Å². The molecule has 0 saturated carbocycles. The van der Waals surface area contributed by atoms with Gasteiger partial charge < -0.3 is 0 Å². The number of amides is 1. The first-order valence-corrected chi connectivity index (χ1v) is 5.20. The summed E-state index contributed by atoms with van der Waals surface area (Å²) in [6.45, 7) is 1.93. The van der Waals surface area contributed by atoms with Crippen molar-refractivity contribution in [3.05, 3.63) is 47.8 Å². The highest BCUT2D eigenvalue weighted by molar-refractivity contribution is 5.90. The largest absolute Gasteiger partial charge is 0.321 e. The van der Waals surface area contributed by atoms with Crippen molar-refractivity contribution in [2.75, 3.05) is 0 Å². The van der Waals surface area contributed by atoms with Crippen molar-refractivity contribution >= 4 is 5.91 Å². The third-order valence-electron chi connectivity index (χ3n) is 2.33. The van der Waals surface area contributed by atoms with E-state index in [4.69, 9.17) is 10.4 Å². The van der Waals surface area contributed by atoms with Gasteiger partial charge in [0.15, 0.2) is 5.82 Å². The number of aromatic nitrogens is 2. The van der Waals surface area contributed by atoms with Crippen LogP contribution >= 0.6 is 0 Å². The topological polar surface area (TPSA) is 86.6 Å². The first-order valence-electron chi connectivity index (χ1n) is 5.20. The van der Waals surface area contributed by atoms with Gasteiger partial charge in [0, 0.05) is 11.8 Å². The van der Waals surface area contributed by atoms with Crippen molar-refractivity contribution in [1.29, 1.82) is 0 Å². The van der Waals surface area contributed by atoms with Crippen LogP contribution in [0.4, 0.5) is 0 Å². The fourth-order valence-electron chi connectivity index (χ4n) is 1.50. The zero-order chi connectivity index (χ0) is 13.1. The quantitative estimate of drug-likeness (QED) is 0.620. The van der Waals surface area contributed by atoms with E-state index < -0.39 is 11.1 Å². The molecule has 0 atom stereocenters. The minimum Gasteiger partial charge on any atom is -0.262 e. The van der Waals surface area contributed by atoms with Gasteiger partial charge in [0.25, 0.3) is 0 Å². The normalized spacial score (nSPS) is 10.2. The molecular weight excluding hydrogens is 234 g/mol. The molecule has 92 valence electrons. The highest BCUT2D eigenvalue weighted by Crippen LogP contribution is 2.16.